The first-order valence-electron chi connectivity index (χ1n) is 12.8. The van der Waals surface area contributed by atoms with E-state index >= 15 is 0 Å². The SMILES string of the molecule is COC(=O)C1CCN(Cc2c(C(C)C)cc(C3CN(C(=O)OC(C)(C)C)C3)cc2C(C)C)CC1. The molecule has 2 heterocycles. The summed E-state index contributed by atoms with van der Waals surface area (Å²) in [7, 11) is 1.48. The Balaban J connectivity index is 1.76. The highest BCUT2D eigenvalue weighted by Crippen LogP contribution is 2.37. The Kier molecular flexibility index (Phi) is 8.33. The van der Waals surface area contributed by atoms with Gasteiger partial charge < -0.3 is 14.4 Å². The van der Waals surface area contributed by atoms with E-state index in [1.165, 1.54) is 29.4 Å². The number of rotatable bonds is 6. The first-order valence-corrected chi connectivity index (χ1v) is 12.8. The lowest BCUT2D eigenvalue weighted by Gasteiger charge is -2.41. The number of benzene rings is 1. The molecule has 0 N–H and O–H groups in total. The molecule has 2 fully saturated rings. The third kappa shape index (κ3) is 6.32. The number of ether oxygens (including phenoxy) is 2. The summed E-state index contributed by atoms with van der Waals surface area (Å²) in [4.78, 5) is 28.6. The lowest BCUT2D eigenvalue weighted by molar-refractivity contribution is -0.147. The van der Waals surface area contributed by atoms with E-state index in [0.29, 0.717) is 30.8 Å². The summed E-state index contributed by atoms with van der Waals surface area (Å²) in [6.45, 7) is 19.0. The second-order valence-corrected chi connectivity index (χ2v) is 11.6. The molecule has 0 bridgehead atoms. The number of esters is 1. The number of methoxy groups -OCH3 is 1. The minimum atomic E-state index is -0.467. The number of carbonyl (C=O) groups excluding carboxylic acids is 2. The zero-order chi connectivity index (χ0) is 25.2. The monoisotopic (exact) mass is 472 g/mol. The van der Waals surface area contributed by atoms with Gasteiger partial charge in [0, 0.05) is 25.6 Å². The molecule has 34 heavy (non-hydrogen) atoms. The van der Waals surface area contributed by atoms with Gasteiger partial charge in [0.25, 0.3) is 0 Å². The summed E-state index contributed by atoms with van der Waals surface area (Å²) in [6, 6.07) is 4.76. The first-order chi connectivity index (χ1) is 15.9. The van der Waals surface area contributed by atoms with Crippen LogP contribution >= 0.6 is 0 Å². The quantitative estimate of drug-likeness (QED) is 0.501. The summed E-state index contributed by atoms with van der Waals surface area (Å²) in [5, 5.41) is 0. The van der Waals surface area contributed by atoms with Gasteiger partial charge in [-0.3, -0.25) is 9.69 Å². The van der Waals surface area contributed by atoms with E-state index in [2.05, 4.69) is 44.7 Å². The number of piperidine rings is 1. The van der Waals surface area contributed by atoms with Crippen LogP contribution in [-0.2, 0) is 20.8 Å². The van der Waals surface area contributed by atoms with Crippen LogP contribution in [0.4, 0.5) is 4.79 Å². The normalized spacial score (nSPS) is 18.4. The van der Waals surface area contributed by atoms with Crippen LogP contribution in [0.3, 0.4) is 0 Å². The van der Waals surface area contributed by atoms with Crippen molar-refractivity contribution in [3.05, 3.63) is 34.4 Å². The Morgan fingerprint density at radius 3 is 1.97 bits per heavy atom. The molecule has 1 aromatic rings. The Bertz CT molecular complexity index is 844. The molecule has 0 aromatic heterocycles. The predicted molar refractivity (Wildman–Crippen MR) is 135 cm³/mol. The van der Waals surface area contributed by atoms with Crippen molar-refractivity contribution in [2.24, 2.45) is 5.92 Å². The molecule has 1 amide bonds. The molecule has 2 aliphatic rings. The van der Waals surface area contributed by atoms with Gasteiger partial charge in [0.15, 0.2) is 0 Å². The number of amides is 1. The maximum Gasteiger partial charge on any atom is 0.410 e. The molecule has 0 radical (unpaired) electrons. The van der Waals surface area contributed by atoms with Crippen molar-refractivity contribution in [2.75, 3.05) is 33.3 Å². The van der Waals surface area contributed by atoms with E-state index in [1.807, 2.05) is 20.8 Å². The van der Waals surface area contributed by atoms with Crippen LogP contribution in [0.25, 0.3) is 0 Å². The van der Waals surface area contributed by atoms with Crippen molar-refractivity contribution < 1.29 is 19.1 Å². The largest absolute Gasteiger partial charge is 0.469 e. The fraction of sp³-hybridized carbons (Fsp3) is 0.714. The van der Waals surface area contributed by atoms with Gasteiger partial charge in [0.1, 0.15) is 5.60 Å². The fourth-order valence-corrected chi connectivity index (χ4v) is 5.07. The van der Waals surface area contributed by atoms with Crippen LogP contribution in [0.1, 0.15) is 101 Å². The Morgan fingerprint density at radius 2 is 1.53 bits per heavy atom. The zero-order valence-corrected chi connectivity index (χ0v) is 22.4. The highest BCUT2D eigenvalue weighted by molar-refractivity contribution is 5.72. The molecule has 0 spiro atoms. The van der Waals surface area contributed by atoms with E-state index in [-0.39, 0.29) is 18.0 Å². The molecular formula is C28H44N2O4. The van der Waals surface area contributed by atoms with E-state index in [4.69, 9.17) is 9.47 Å². The first kappa shape index (κ1) is 26.5. The molecule has 0 saturated carbocycles. The number of carbonyl (C=O) groups is 2. The predicted octanol–water partition coefficient (Wildman–Crippen LogP) is 5.65. The molecule has 0 atom stereocenters. The molecule has 1 aromatic carbocycles. The van der Waals surface area contributed by atoms with Gasteiger partial charge in [-0.05, 0) is 80.8 Å². The maximum absolute atomic E-state index is 12.4. The van der Waals surface area contributed by atoms with Crippen molar-refractivity contribution in [2.45, 2.75) is 91.2 Å². The Labute approximate surface area is 206 Å². The molecule has 2 aliphatic heterocycles. The molecule has 190 valence electrons. The van der Waals surface area contributed by atoms with E-state index in [1.54, 1.807) is 4.90 Å². The van der Waals surface area contributed by atoms with Gasteiger partial charge in [-0.2, -0.15) is 0 Å². The summed E-state index contributed by atoms with van der Waals surface area (Å²) in [5.74, 6) is 1.15. The Morgan fingerprint density at radius 1 is 1.00 bits per heavy atom. The minimum Gasteiger partial charge on any atom is -0.469 e. The van der Waals surface area contributed by atoms with Crippen molar-refractivity contribution in [3.8, 4) is 0 Å². The highest BCUT2D eigenvalue weighted by atomic mass is 16.6. The van der Waals surface area contributed by atoms with E-state index in [9.17, 15) is 9.59 Å². The van der Waals surface area contributed by atoms with Crippen molar-refractivity contribution in [3.63, 3.8) is 0 Å². The van der Waals surface area contributed by atoms with Gasteiger partial charge in [0.2, 0.25) is 0 Å². The molecule has 0 aliphatic carbocycles. The van der Waals surface area contributed by atoms with Gasteiger partial charge in [-0.1, -0.05) is 39.8 Å². The molecule has 6 heteroatoms. The lowest BCUT2D eigenvalue weighted by atomic mass is 9.81. The van der Waals surface area contributed by atoms with Crippen LogP contribution in [0.15, 0.2) is 12.1 Å². The van der Waals surface area contributed by atoms with Crippen LogP contribution in [-0.4, -0.2) is 60.8 Å². The number of likely N-dealkylation sites (tertiary alicyclic amines) is 2. The van der Waals surface area contributed by atoms with Gasteiger partial charge in [0.05, 0.1) is 13.0 Å². The van der Waals surface area contributed by atoms with Gasteiger partial charge in [-0.15, -0.1) is 0 Å². The molecule has 3 rings (SSSR count). The standard InChI is InChI=1S/C28H44N2O4/c1-18(2)23-13-21(22-15-30(16-22)27(32)34-28(5,6)7)14-24(19(3)4)25(23)17-29-11-9-20(10-12-29)26(31)33-8/h13-14,18-20,22H,9-12,15-17H2,1-8H3. The van der Waals surface area contributed by atoms with E-state index in [0.717, 1.165) is 32.5 Å². The average molecular weight is 473 g/mol. The number of hydrogen-bond donors (Lipinski definition) is 0. The second-order valence-electron chi connectivity index (χ2n) is 11.6. The third-order valence-electron chi connectivity index (χ3n) is 7.09. The summed E-state index contributed by atoms with van der Waals surface area (Å²) >= 11 is 0. The second kappa shape index (κ2) is 10.7. The lowest BCUT2D eigenvalue weighted by Crippen LogP contribution is -2.50. The topological polar surface area (TPSA) is 59.1 Å². The highest BCUT2D eigenvalue weighted by Gasteiger charge is 2.35. The number of nitrogens with zero attached hydrogens (tertiary/aromatic N) is 2. The average Bonchev–Trinajstić information content (AvgIpc) is 2.71. The third-order valence-corrected chi connectivity index (χ3v) is 7.09. The smallest absolute Gasteiger partial charge is 0.410 e. The van der Waals surface area contributed by atoms with Crippen molar-refractivity contribution in [1.82, 2.24) is 9.80 Å². The van der Waals surface area contributed by atoms with Crippen molar-refractivity contribution in [1.29, 1.82) is 0 Å². The van der Waals surface area contributed by atoms with Crippen LogP contribution in [0, 0.1) is 5.92 Å². The molecule has 0 unspecified atom stereocenters. The van der Waals surface area contributed by atoms with Gasteiger partial charge >= 0.3 is 12.1 Å². The molecule has 6 nitrogen and oxygen atoms in total. The fourth-order valence-electron chi connectivity index (χ4n) is 5.07. The van der Waals surface area contributed by atoms with E-state index < -0.39 is 5.60 Å². The summed E-state index contributed by atoms with van der Waals surface area (Å²) < 4.78 is 10.5. The van der Waals surface area contributed by atoms with Crippen LogP contribution in [0.2, 0.25) is 0 Å². The number of hydrogen-bond acceptors (Lipinski definition) is 5. The van der Waals surface area contributed by atoms with Gasteiger partial charge in [-0.25, -0.2) is 4.79 Å². The molecular weight excluding hydrogens is 428 g/mol. The Hall–Kier alpha value is -2.08. The summed E-state index contributed by atoms with van der Waals surface area (Å²) in [5.41, 5.74) is 5.12. The van der Waals surface area contributed by atoms with Crippen molar-refractivity contribution >= 4 is 12.1 Å². The minimum absolute atomic E-state index is 0.0318. The summed E-state index contributed by atoms with van der Waals surface area (Å²) in [6.07, 6.45) is 1.51. The van der Waals surface area contributed by atoms with Crippen LogP contribution in [0.5, 0.6) is 0 Å². The zero-order valence-electron chi connectivity index (χ0n) is 22.4. The maximum atomic E-state index is 12.4. The van der Waals surface area contributed by atoms with Crippen LogP contribution < -0.4 is 0 Å². The molecule has 2 saturated heterocycles.